The third-order valence-corrected chi connectivity index (χ3v) is 3.43. The molecule has 0 spiro atoms. The van der Waals surface area contributed by atoms with Gasteiger partial charge in [-0.1, -0.05) is 12.1 Å². The zero-order valence-electron chi connectivity index (χ0n) is 10.8. The number of nitrogens with one attached hydrogen (secondary N) is 1. The topological polar surface area (TPSA) is 76.4 Å². The maximum atomic E-state index is 10.6. The summed E-state index contributed by atoms with van der Waals surface area (Å²) in [5.74, 6) is 0. The number of benzene rings is 1. The molecule has 0 bridgehead atoms. The Labute approximate surface area is 116 Å². The molecule has 0 saturated heterocycles. The Balaban J connectivity index is 1.94. The molecule has 104 valence electrons. The van der Waals surface area contributed by atoms with Gasteiger partial charge < -0.3 is 19.7 Å². The first-order valence-corrected chi connectivity index (χ1v) is 6.44. The van der Waals surface area contributed by atoms with Crippen LogP contribution in [0, 0.1) is 0 Å². The summed E-state index contributed by atoms with van der Waals surface area (Å²) in [5.41, 5.74) is 3.30. The molecule has 1 unspecified atom stereocenters. The highest BCUT2D eigenvalue weighted by Crippen LogP contribution is 2.30. The zero-order chi connectivity index (χ0) is 13.9. The first kappa shape index (κ1) is 12.7. The van der Waals surface area contributed by atoms with E-state index < -0.39 is 6.09 Å². The predicted molar refractivity (Wildman–Crippen MR) is 72.0 cm³/mol. The quantitative estimate of drug-likeness (QED) is 0.893. The van der Waals surface area contributed by atoms with Crippen molar-refractivity contribution in [3.63, 3.8) is 0 Å². The first-order valence-electron chi connectivity index (χ1n) is 6.44. The number of fused-ring (bicyclic) bond motifs is 1. The van der Waals surface area contributed by atoms with Gasteiger partial charge in [0.25, 0.3) is 0 Å². The zero-order valence-corrected chi connectivity index (χ0v) is 10.8. The van der Waals surface area contributed by atoms with E-state index >= 15 is 0 Å². The standard InChI is InChI=1S/C14H15N3O3/c18-14(19)16-8-13-11-2-1-3-12(10(11)4-7-20-13)17-6-5-15-9-17/h1-3,5-6,9,13,16H,4,7-8H2,(H,18,19). The van der Waals surface area contributed by atoms with Gasteiger partial charge in [-0.15, -0.1) is 0 Å². The van der Waals surface area contributed by atoms with Gasteiger partial charge in [-0.05, 0) is 23.6 Å². The minimum atomic E-state index is -1.04. The van der Waals surface area contributed by atoms with Crippen LogP contribution in [0.1, 0.15) is 17.2 Å². The van der Waals surface area contributed by atoms with E-state index in [1.54, 1.807) is 12.5 Å². The van der Waals surface area contributed by atoms with Crippen LogP contribution >= 0.6 is 0 Å². The molecular weight excluding hydrogens is 258 g/mol. The molecule has 1 aromatic carbocycles. The van der Waals surface area contributed by atoms with Gasteiger partial charge in [0, 0.05) is 12.4 Å². The average molecular weight is 273 g/mol. The van der Waals surface area contributed by atoms with Crippen molar-refractivity contribution in [3.05, 3.63) is 48.0 Å². The number of nitrogens with zero attached hydrogens (tertiary/aromatic N) is 2. The Bertz CT molecular complexity index is 610. The lowest BCUT2D eigenvalue weighted by Crippen LogP contribution is -2.31. The summed E-state index contributed by atoms with van der Waals surface area (Å²) in [7, 11) is 0. The lowest BCUT2D eigenvalue weighted by molar-refractivity contribution is 0.0426. The van der Waals surface area contributed by atoms with Crippen LogP contribution in [0.3, 0.4) is 0 Å². The number of carbonyl (C=O) groups is 1. The summed E-state index contributed by atoms with van der Waals surface area (Å²) in [4.78, 5) is 14.7. The van der Waals surface area contributed by atoms with E-state index in [0.717, 1.165) is 17.7 Å². The molecule has 0 aliphatic carbocycles. The molecule has 2 heterocycles. The summed E-state index contributed by atoms with van der Waals surface area (Å²) in [6.07, 6.45) is 4.94. The minimum absolute atomic E-state index is 0.238. The van der Waals surface area contributed by atoms with Crippen LogP contribution in [0.2, 0.25) is 0 Å². The largest absolute Gasteiger partial charge is 0.465 e. The number of aromatic nitrogens is 2. The normalized spacial score (nSPS) is 17.5. The lowest BCUT2D eigenvalue weighted by atomic mass is 9.95. The molecule has 1 aliphatic rings. The predicted octanol–water partition coefficient (Wildman–Crippen LogP) is 1.75. The van der Waals surface area contributed by atoms with E-state index in [0.29, 0.717) is 6.61 Å². The Kier molecular flexibility index (Phi) is 3.39. The van der Waals surface area contributed by atoms with Crippen molar-refractivity contribution in [3.8, 4) is 5.69 Å². The number of rotatable bonds is 3. The third-order valence-electron chi connectivity index (χ3n) is 3.43. The molecule has 2 N–H and O–H groups in total. The molecule has 0 radical (unpaired) electrons. The monoisotopic (exact) mass is 273 g/mol. The molecule has 20 heavy (non-hydrogen) atoms. The third kappa shape index (κ3) is 2.37. The molecule has 1 aliphatic heterocycles. The summed E-state index contributed by atoms with van der Waals surface area (Å²) < 4.78 is 7.64. The second kappa shape index (κ2) is 5.34. The van der Waals surface area contributed by atoms with Crippen molar-refractivity contribution in [2.45, 2.75) is 12.5 Å². The summed E-state index contributed by atoms with van der Waals surface area (Å²) in [5, 5.41) is 11.1. The van der Waals surface area contributed by atoms with E-state index in [-0.39, 0.29) is 12.6 Å². The van der Waals surface area contributed by atoms with Gasteiger partial charge >= 0.3 is 6.09 Å². The smallest absolute Gasteiger partial charge is 0.404 e. The molecule has 3 rings (SSSR count). The SMILES string of the molecule is O=C(O)NCC1OCCc2c1cccc2-n1ccnc1. The molecule has 2 aromatic rings. The summed E-state index contributed by atoms with van der Waals surface area (Å²) in [6.45, 7) is 0.848. The Morgan fingerprint density at radius 3 is 3.20 bits per heavy atom. The highest BCUT2D eigenvalue weighted by atomic mass is 16.5. The summed E-state index contributed by atoms with van der Waals surface area (Å²) in [6, 6.07) is 5.98. The van der Waals surface area contributed by atoms with Crippen molar-refractivity contribution < 1.29 is 14.6 Å². The van der Waals surface area contributed by atoms with Gasteiger partial charge in [0.1, 0.15) is 6.10 Å². The fraction of sp³-hybridized carbons (Fsp3) is 0.286. The summed E-state index contributed by atoms with van der Waals surface area (Å²) >= 11 is 0. The van der Waals surface area contributed by atoms with Crippen molar-refractivity contribution in [2.24, 2.45) is 0 Å². The Morgan fingerprint density at radius 1 is 1.55 bits per heavy atom. The second-order valence-electron chi connectivity index (χ2n) is 4.61. The van der Waals surface area contributed by atoms with Crippen LogP contribution < -0.4 is 5.32 Å². The lowest BCUT2D eigenvalue weighted by Gasteiger charge is -2.27. The van der Waals surface area contributed by atoms with Crippen molar-refractivity contribution in [1.29, 1.82) is 0 Å². The minimum Gasteiger partial charge on any atom is -0.465 e. The molecule has 6 nitrogen and oxygen atoms in total. The van der Waals surface area contributed by atoms with E-state index in [1.807, 2.05) is 29.0 Å². The fourth-order valence-corrected chi connectivity index (χ4v) is 2.55. The van der Waals surface area contributed by atoms with Gasteiger partial charge in [0.15, 0.2) is 0 Å². The van der Waals surface area contributed by atoms with Crippen LogP contribution in [0.15, 0.2) is 36.9 Å². The Morgan fingerprint density at radius 2 is 2.45 bits per heavy atom. The highest BCUT2D eigenvalue weighted by Gasteiger charge is 2.23. The van der Waals surface area contributed by atoms with Crippen LogP contribution in [-0.2, 0) is 11.2 Å². The van der Waals surface area contributed by atoms with Gasteiger partial charge in [0.05, 0.1) is 25.2 Å². The maximum Gasteiger partial charge on any atom is 0.404 e. The van der Waals surface area contributed by atoms with Crippen molar-refractivity contribution in [1.82, 2.24) is 14.9 Å². The number of carboxylic acid groups (broad SMARTS) is 1. The number of amides is 1. The van der Waals surface area contributed by atoms with E-state index in [2.05, 4.69) is 10.3 Å². The fourth-order valence-electron chi connectivity index (χ4n) is 2.55. The van der Waals surface area contributed by atoms with Crippen molar-refractivity contribution >= 4 is 6.09 Å². The molecule has 1 amide bonds. The molecule has 1 atom stereocenters. The van der Waals surface area contributed by atoms with Crippen LogP contribution in [0.5, 0.6) is 0 Å². The molecule has 0 fully saturated rings. The number of hydrogen-bond donors (Lipinski definition) is 2. The second-order valence-corrected chi connectivity index (χ2v) is 4.61. The molecule has 6 heteroatoms. The maximum absolute atomic E-state index is 10.6. The first-order chi connectivity index (χ1) is 9.75. The van der Waals surface area contributed by atoms with E-state index in [9.17, 15) is 4.79 Å². The van der Waals surface area contributed by atoms with Gasteiger partial charge in [0.2, 0.25) is 0 Å². The van der Waals surface area contributed by atoms with E-state index in [1.165, 1.54) is 5.56 Å². The number of ether oxygens (including phenoxy) is 1. The van der Waals surface area contributed by atoms with Crippen LogP contribution in [0.4, 0.5) is 4.79 Å². The van der Waals surface area contributed by atoms with Crippen LogP contribution in [0.25, 0.3) is 5.69 Å². The van der Waals surface area contributed by atoms with Gasteiger partial charge in [-0.25, -0.2) is 9.78 Å². The van der Waals surface area contributed by atoms with Gasteiger partial charge in [-0.3, -0.25) is 0 Å². The van der Waals surface area contributed by atoms with E-state index in [4.69, 9.17) is 9.84 Å². The van der Waals surface area contributed by atoms with Gasteiger partial charge in [-0.2, -0.15) is 0 Å². The average Bonchev–Trinajstić information content (AvgIpc) is 2.98. The number of hydrogen-bond acceptors (Lipinski definition) is 3. The highest BCUT2D eigenvalue weighted by molar-refractivity contribution is 5.64. The molecular formula is C14H15N3O3. The van der Waals surface area contributed by atoms with Crippen LogP contribution in [-0.4, -0.2) is 33.9 Å². The molecule has 0 saturated carbocycles. The van der Waals surface area contributed by atoms with Crippen molar-refractivity contribution in [2.75, 3.05) is 13.2 Å². The molecule has 1 aromatic heterocycles. The number of imidazole rings is 1. The Hall–Kier alpha value is -2.34.